The Morgan fingerprint density at radius 1 is 1.10 bits per heavy atom. The molecule has 4 heteroatoms. The fourth-order valence-corrected chi connectivity index (χ4v) is 2.89. The van der Waals surface area contributed by atoms with Gasteiger partial charge >= 0.3 is 0 Å². The van der Waals surface area contributed by atoms with E-state index in [0.29, 0.717) is 0 Å². The van der Waals surface area contributed by atoms with Crippen LogP contribution in [0.1, 0.15) is 22.7 Å². The minimum atomic E-state index is -0.0719. The molecule has 21 heavy (non-hydrogen) atoms. The number of nitrogens with two attached hydrogens (primary N) is 1. The molecule has 0 aliphatic carbocycles. The van der Waals surface area contributed by atoms with Crippen molar-refractivity contribution in [1.29, 1.82) is 0 Å². The van der Waals surface area contributed by atoms with Gasteiger partial charge in [0, 0.05) is 10.5 Å². The van der Waals surface area contributed by atoms with Crippen molar-refractivity contribution in [3.8, 4) is 11.5 Å². The average molecular weight is 350 g/mol. The van der Waals surface area contributed by atoms with Crippen LogP contribution in [-0.4, -0.2) is 14.2 Å². The summed E-state index contributed by atoms with van der Waals surface area (Å²) in [5.41, 5.74) is 9.78. The Labute approximate surface area is 134 Å². The van der Waals surface area contributed by atoms with Crippen molar-refractivity contribution in [2.75, 3.05) is 14.2 Å². The van der Waals surface area contributed by atoms with Crippen LogP contribution >= 0.6 is 15.9 Å². The molecule has 2 aromatic rings. The summed E-state index contributed by atoms with van der Waals surface area (Å²) in [6, 6.07) is 12.0. The molecular weight excluding hydrogens is 330 g/mol. The van der Waals surface area contributed by atoms with Crippen LogP contribution in [0.5, 0.6) is 11.5 Å². The van der Waals surface area contributed by atoms with Crippen molar-refractivity contribution in [3.63, 3.8) is 0 Å². The van der Waals surface area contributed by atoms with Crippen molar-refractivity contribution in [2.24, 2.45) is 5.73 Å². The van der Waals surface area contributed by atoms with Crippen LogP contribution in [0, 0.1) is 6.92 Å². The van der Waals surface area contributed by atoms with Crippen LogP contribution in [-0.2, 0) is 6.42 Å². The molecule has 2 rings (SSSR count). The van der Waals surface area contributed by atoms with Gasteiger partial charge in [-0.25, -0.2) is 0 Å². The summed E-state index contributed by atoms with van der Waals surface area (Å²) in [5.74, 6) is 1.46. The Bertz CT molecular complexity index is 628. The molecule has 0 radical (unpaired) electrons. The van der Waals surface area contributed by atoms with Crippen molar-refractivity contribution < 1.29 is 9.47 Å². The zero-order chi connectivity index (χ0) is 15.4. The smallest absolute Gasteiger partial charge is 0.160 e. The van der Waals surface area contributed by atoms with Gasteiger partial charge in [-0.3, -0.25) is 0 Å². The van der Waals surface area contributed by atoms with Gasteiger partial charge in [0.05, 0.1) is 14.2 Å². The zero-order valence-electron chi connectivity index (χ0n) is 12.5. The summed E-state index contributed by atoms with van der Waals surface area (Å²) in [4.78, 5) is 0. The lowest BCUT2D eigenvalue weighted by Crippen LogP contribution is -2.14. The molecule has 0 aromatic heterocycles. The van der Waals surface area contributed by atoms with Gasteiger partial charge in [-0.15, -0.1) is 0 Å². The number of rotatable bonds is 5. The second kappa shape index (κ2) is 6.96. The monoisotopic (exact) mass is 349 g/mol. The van der Waals surface area contributed by atoms with E-state index in [1.807, 2.05) is 24.3 Å². The third-order valence-corrected chi connectivity index (χ3v) is 4.61. The molecule has 0 heterocycles. The molecule has 1 atom stereocenters. The Balaban J connectivity index is 2.23. The van der Waals surface area contributed by atoms with Crippen molar-refractivity contribution in [2.45, 2.75) is 19.4 Å². The Morgan fingerprint density at radius 2 is 1.81 bits per heavy atom. The average Bonchev–Trinajstić information content (AvgIpc) is 2.49. The Hall–Kier alpha value is -1.52. The fourth-order valence-electron chi connectivity index (χ4n) is 2.33. The number of methoxy groups -OCH3 is 2. The molecule has 1 unspecified atom stereocenters. The number of aryl methyl sites for hydroxylation is 1. The summed E-state index contributed by atoms with van der Waals surface area (Å²) in [6.45, 7) is 2.07. The molecule has 0 spiro atoms. The molecular formula is C17H20BrNO2. The highest BCUT2D eigenvalue weighted by Crippen LogP contribution is 2.31. The van der Waals surface area contributed by atoms with Crippen LogP contribution in [0.3, 0.4) is 0 Å². The lowest BCUT2D eigenvalue weighted by molar-refractivity contribution is 0.354. The van der Waals surface area contributed by atoms with Crippen molar-refractivity contribution >= 4 is 15.9 Å². The molecule has 0 aliphatic heterocycles. The summed E-state index contributed by atoms with van der Waals surface area (Å²) in [5, 5.41) is 0. The van der Waals surface area contributed by atoms with Crippen LogP contribution in [0.15, 0.2) is 40.9 Å². The molecule has 112 valence electrons. The molecule has 0 fully saturated rings. The van der Waals surface area contributed by atoms with E-state index in [-0.39, 0.29) is 6.04 Å². The first kappa shape index (κ1) is 15.9. The van der Waals surface area contributed by atoms with Crippen molar-refractivity contribution in [3.05, 3.63) is 57.6 Å². The van der Waals surface area contributed by atoms with E-state index >= 15 is 0 Å². The van der Waals surface area contributed by atoms with E-state index in [1.165, 1.54) is 5.56 Å². The maximum absolute atomic E-state index is 6.36. The summed E-state index contributed by atoms with van der Waals surface area (Å²) < 4.78 is 11.7. The third kappa shape index (κ3) is 3.57. The van der Waals surface area contributed by atoms with Gasteiger partial charge in [0.2, 0.25) is 0 Å². The van der Waals surface area contributed by atoms with Crippen LogP contribution < -0.4 is 15.2 Å². The SMILES string of the molecule is COc1ccc(CC(N)c2cccc(C)c2Br)cc1OC. The second-order valence-corrected chi connectivity index (χ2v) is 5.77. The predicted octanol–water partition coefficient (Wildman–Crippen LogP) is 4.02. The number of halogens is 1. The molecule has 0 saturated heterocycles. The van der Waals surface area contributed by atoms with Crippen LogP contribution in [0.4, 0.5) is 0 Å². The molecule has 0 saturated carbocycles. The summed E-state index contributed by atoms with van der Waals surface area (Å²) in [7, 11) is 3.27. The van der Waals surface area contributed by atoms with Gasteiger partial charge in [0.1, 0.15) is 0 Å². The largest absolute Gasteiger partial charge is 0.493 e. The number of benzene rings is 2. The first-order valence-electron chi connectivity index (χ1n) is 6.78. The maximum atomic E-state index is 6.36. The first-order chi connectivity index (χ1) is 10.1. The van der Waals surface area contributed by atoms with E-state index in [0.717, 1.165) is 33.5 Å². The minimum Gasteiger partial charge on any atom is -0.493 e. The van der Waals surface area contributed by atoms with Crippen LogP contribution in [0.2, 0.25) is 0 Å². The lowest BCUT2D eigenvalue weighted by Gasteiger charge is -2.16. The highest BCUT2D eigenvalue weighted by atomic mass is 79.9. The second-order valence-electron chi connectivity index (χ2n) is 4.98. The highest BCUT2D eigenvalue weighted by Gasteiger charge is 2.13. The summed E-state index contributed by atoms with van der Waals surface area (Å²) in [6.07, 6.45) is 0.738. The highest BCUT2D eigenvalue weighted by molar-refractivity contribution is 9.10. The van der Waals surface area contributed by atoms with E-state index in [9.17, 15) is 0 Å². The molecule has 0 amide bonds. The molecule has 0 aliphatic rings. The lowest BCUT2D eigenvalue weighted by atomic mass is 9.98. The predicted molar refractivity (Wildman–Crippen MR) is 89.1 cm³/mol. The standard InChI is InChI=1S/C17H20BrNO2/c1-11-5-4-6-13(17(11)18)14(19)9-12-7-8-15(20-2)16(10-12)21-3/h4-8,10,14H,9,19H2,1-3H3. The number of hydrogen-bond acceptors (Lipinski definition) is 3. The third-order valence-electron chi connectivity index (χ3n) is 3.52. The zero-order valence-corrected chi connectivity index (χ0v) is 14.1. The van der Waals surface area contributed by atoms with Gasteiger partial charge in [0.25, 0.3) is 0 Å². The first-order valence-corrected chi connectivity index (χ1v) is 7.57. The molecule has 3 nitrogen and oxygen atoms in total. The molecule has 2 N–H and O–H groups in total. The van der Waals surface area contributed by atoms with Gasteiger partial charge in [0.15, 0.2) is 11.5 Å². The quantitative estimate of drug-likeness (QED) is 0.886. The van der Waals surface area contributed by atoms with Crippen molar-refractivity contribution in [1.82, 2.24) is 0 Å². The summed E-state index contributed by atoms with van der Waals surface area (Å²) >= 11 is 3.62. The van der Waals surface area contributed by atoms with Gasteiger partial charge < -0.3 is 15.2 Å². The Kier molecular flexibility index (Phi) is 5.26. The number of ether oxygens (including phenoxy) is 2. The van der Waals surface area contributed by atoms with Crippen LogP contribution in [0.25, 0.3) is 0 Å². The topological polar surface area (TPSA) is 44.5 Å². The molecule has 0 bridgehead atoms. The van der Waals surface area contributed by atoms with E-state index in [1.54, 1.807) is 14.2 Å². The normalized spacial score (nSPS) is 12.0. The number of hydrogen-bond donors (Lipinski definition) is 1. The van der Waals surface area contributed by atoms with E-state index < -0.39 is 0 Å². The fraction of sp³-hybridized carbons (Fsp3) is 0.294. The Morgan fingerprint density at radius 3 is 2.48 bits per heavy atom. The van der Waals surface area contributed by atoms with Gasteiger partial charge in [-0.05, 0) is 42.2 Å². The minimum absolute atomic E-state index is 0.0719. The molecule has 2 aromatic carbocycles. The van der Waals surface area contributed by atoms with Gasteiger partial charge in [-0.2, -0.15) is 0 Å². The maximum Gasteiger partial charge on any atom is 0.160 e. The van der Waals surface area contributed by atoms with E-state index in [4.69, 9.17) is 15.2 Å². The van der Waals surface area contributed by atoms with Gasteiger partial charge in [-0.1, -0.05) is 40.2 Å². The van der Waals surface area contributed by atoms with E-state index in [2.05, 4.69) is 35.0 Å².